The lowest BCUT2D eigenvalue weighted by Gasteiger charge is -2.19. The number of nitrogens with two attached hydrogens (primary N) is 1. The van der Waals surface area contributed by atoms with Crippen LogP contribution in [-0.4, -0.2) is 22.3 Å². The Morgan fingerprint density at radius 1 is 1.36 bits per heavy atom. The maximum atomic E-state index is 7.63. The van der Waals surface area contributed by atoms with Crippen molar-refractivity contribution in [2.75, 3.05) is 11.1 Å². The number of benzene rings is 1. The molecule has 4 rings (SSSR count). The van der Waals surface area contributed by atoms with Crippen molar-refractivity contribution in [3.8, 4) is 5.75 Å². The molecule has 0 radical (unpaired) electrons. The molecule has 1 aliphatic rings. The van der Waals surface area contributed by atoms with Crippen LogP contribution in [0.4, 0.5) is 17.2 Å². The third-order valence-corrected chi connectivity index (χ3v) is 6.21. The van der Waals surface area contributed by atoms with E-state index in [-0.39, 0.29) is 6.10 Å². The number of hydrogen-bond acceptors (Lipinski definition) is 7. The zero-order chi connectivity index (χ0) is 19.8. The van der Waals surface area contributed by atoms with Gasteiger partial charge in [0.2, 0.25) is 0 Å². The molecule has 146 valence electrons. The van der Waals surface area contributed by atoms with Gasteiger partial charge in [-0.1, -0.05) is 6.92 Å². The van der Waals surface area contributed by atoms with Gasteiger partial charge in [-0.3, -0.25) is 0 Å². The summed E-state index contributed by atoms with van der Waals surface area (Å²) in [4.78, 5) is 11.5. The number of aromatic nitrogens is 2. The monoisotopic (exact) mass is 395 g/mol. The molecule has 0 saturated carbocycles. The number of ether oxygens (including phenoxy) is 1. The standard InChI is InChI=1S/C21H25N5OS/c1-11(2)27-17-8-15(23)13(9-22)7-16(17)26-20-19-14-5-4-12(3)6-18(14)28-21(19)25-10-24-20/h7-12,22H,4-6,23H2,1-3H3,(H,24,25,26). The second-order valence-electron chi connectivity index (χ2n) is 7.67. The number of nitrogen functional groups attached to an aromatic ring is 1. The third kappa shape index (κ3) is 3.42. The Labute approximate surface area is 168 Å². The summed E-state index contributed by atoms with van der Waals surface area (Å²) in [7, 11) is 0. The Bertz CT molecular complexity index is 1040. The summed E-state index contributed by atoms with van der Waals surface area (Å²) in [6.07, 6.45) is 6.22. The summed E-state index contributed by atoms with van der Waals surface area (Å²) in [6, 6.07) is 3.61. The van der Waals surface area contributed by atoms with E-state index in [1.165, 1.54) is 23.1 Å². The van der Waals surface area contributed by atoms with Crippen molar-refractivity contribution in [3.63, 3.8) is 0 Å². The minimum Gasteiger partial charge on any atom is -0.489 e. The van der Waals surface area contributed by atoms with Gasteiger partial charge in [-0.05, 0) is 50.7 Å². The van der Waals surface area contributed by atoms with Crippen LogP contribution in [0.3, 0.4) is 0 Å². The average molecular weight is 396 g/mol. The fourth-order valence-electron chi connectivity index (χ4n) is 3.68. The fraction of sp³-hybridized carbons (Fsp3) is 0.381. The Balaban J connectivity index is 1.81. The van der Waals surface area contributed by atoms with Crippen molar-refractivity contribution in [2.45, 2.75) is 46.1 Å². The summed E-state index contributed by atoms with van der Waals surface area (Å²) >= 11 is 1.77. The quantitative estimate of drug-likeness (QED) is 0.420. The lowest BCUT2D eigenvalue weighted by atomic mass is 9.89. The molecule has 0 spiro atoms. The van der Waals surface area contributed by atoms with E-state index in [1.54, 1.807) is 23.7 Å². The maximum absolute atomic E-state index is 7.63. The molecule has 1 atom stereocenters. The second-order valence-corrected chi connectivity index (χ2v) is 8.75. The number of rotatable bonds is 5. The van der Waals surface area contributed by atoms with E-state index in [1.807, 2.05) is 19.9 Å². The van der Waals surface area contributed by atoms with Crippen LogP contribution in [0.25, 0.3) is 10.2 Å². The lowest BCUT2D eigenvalue weighted by Crippen LogP contribution is -2.10. The second kappa shape index (κ2) is 7.39. The van der Waals surface area contributed by atoms with Gasteiger partial charge in [0.05, 0.1) is 17.2 Å². The van der Waals surface area contributed by atoms with Crippen molar-refractivity contribution >= 4 is 45.0 Å². The maximum Gasteiger partial charge on any atom is 0.145 e. The number of nitrogens with one attached hydrogen (secondary N) is 2. The van der Waals surface area contributed by atoms with Gasteiger partial charge >= 0.3 is 0 Å². The number of anilines is 3. The van der Waals surface area contributed by atoms with Gasteiger partial charge in [0.15, 0.2) is 0 Å². The van der Waals surface area contributed by atoms with E-state index in [0.717, 1.165) is 34.6 Å². The summed E-state index contributed by atoms with van der Waals surface area (Å²) in [6.45, 7) is 6.26. The van der Waals surface area contributed by atoms with Gasteiger partial charge in [0.25, 0.3) is 0 Å². The van der Waals surface area contributed by atoms with Crippen molar-refractivity contribution in [2.24, 2.45) is 5.92 Å². The molecular formula is C21H25N5OS. The highest BCUT2D eigenvalue weighted by Crippen LogP contribution is 2.41. The first-order valence-electron chi connectivity index (χ1n) is 9.59. The minimum atomic E-state index is 0.00611. The Morgan fingerprint density at radius 3 is 2.93 bits per heavy atom. The van der Waals surface area contributed by atoms with Crippen LogP contribution in [0, 0.1) is 11.3 Å². The largest absolute Gasteiger partial charge is 0.489 e. The minimum absolute atomic E-state index is 0.00611. The van der Waals surface area contributed by atoms with E-state index < -0.39 is 0 Å². The topological polar surface area (TPSA) is 96.9 Å². The highest BCUT2D eigenvalue weighted by molar-refractivity contribution is 7.19. The molecule has 7 heteroatoms. The molecule has 2 aromatic heterocycles. The van der Waals surface area contributed by atoms with Crippen molar-refractivity contribution < 1.29 is 4.74 Å². The Morgan fingerprint density at radius 2 is 2.18 bits per heavy atom. The van der Waals surface area contributed by atoms with Crippen molar-refractivity contribution in [1.82, 2.24) is 9.97 Å². The molecule has 4 N–H and O–H groups in total. The first-order valence-corrected chi connectivity index (χ1v) is 10.4. The molecule has 6 nitrogen and oxygen atoms in total. The predicted molar refractivity (Wildman–Crippen MR) is 116 cm³/mol. The molecule has 2 heterocycles. The molecule has 0 fully saturated rings. The van der Waals surface area contributed by atoms with Gasteiger partial charge in [-0.25, -0.2) is 9.97 Å². The number of aryl methyl sites for hydroxylation is 1. The highest BCUT2D eigenvalue weighted by atomic mass is 32.1. The molecule has 0 amide bonds. The molecule has 3 aromatic rings. The summed E-state index contributed by atoms with van der Waals surface area (Å²) in [5.41, 5.74) is 9.35. The highest BCUT2D eigenvalue weighted by Gasteiger charge is 2.23. The van der Waals surface area contributed by atoms with Crippen LogP contribution in [0.15, 0.2) is 18.5 Å². The van der Waals surface area contributed by atoms with E-state index in [2.05, 4.69) is 22.2 Å². The van der Waals surface area contributed by atoms with Gasteiger partial charge in [-0.15, -0.1) is 11.3 Å². The van der Waals surface area contributed by atoms with Crippen LogP contribution in [-0.2, 0) is 12.8 Å². The van der Waals surface area contributed by atoms with Crippen molar-refractivity contribution in [1.29, 1.82) is 5.41 Å². The molecular weight excluding hydrogens is 370 g/mol. The normalized spacial score (nSPS) is 16.2. The summed E-state index contributed by atoms with van der Waals surface area (Å²) < 4.78 is 5.96. The van der Waals surface area contributed by atoms with Gasteiger partial charge < -0.3 is 21.2 Å². The molecule has 28 heavy (non-hydrogen) atoms. The molecule has 0 saturated heterocycles. The van der Waals surface area contributed by atoms with Crippen LogP contribution in [0.1, 0.15) is 43.2 Å². The molecule has 0 aliphatic heterocycles. The van der Waals surface area contributed by atoms with E-state index in [9.17, 15) is 0 Å². The Hall–Kier alpha value is -2.67. The van der Waals surface area contributed by atoms with Crippen molar-refractivity contribution in [3.05, 3.63) is 34.5 Å². The molecule has 1 aliphatic carbocycles. The van der Waals surface area contributed by atoms with E-state index >= 15 is 0 Å². The number of nitrogens with zero attached hydrogens (tertiary/aromatic N) is 2. The first-order chi connectivity index (χ1) is 13.5. The number of fused-ring (bicyclic) bond motifs is 3. The SMILES string of the molecule is CC1CCc2c(sc3ncnc(Nc4cc(C=N)c(N)cc4OC(C)C)c23)C1. The van der Waals surface area contributed by atoms with E-state index in [4.69, 9.17) is 15.9 Å². The molecule has 1 aromatic carbocycles. The molecule has 1 unspecified atom stereocenters. The average Bonchev–Trinajstić information content (AvgIpc) is 3.01. The number of hydrogen-bond donors (Lipinski definition) is 3. The number of thiophene rings is 1. The zero-order valence-electron chi connectivity index (χ0n) is 16.4. The molecule has 0 bridgehead atoms. The van der Waals surface area contributed by atoms with Gasteiger partial charge in [0, 0.05) is 28.4 Å². The smallest absolute Gasteiger partial charge is 0.145 e. The Kier molecular flexibility index (Phi) is 4.93. The van der Waals surface area contributed by atoms with Crippen LogP contribution in [0.5, 0.6) is 5.75 Å². The van der Waals surface area contributed by atoms with Crippen LogP contribution >= 0.6 is 11.3 Å². The lowest BCUT2D eigenvalue weighted by molar-refractivity contribution is 0.244. The third-order valence-electron chi connectivity index (χ3n) is 5.05. The van der Waals surface area contributed by atoms with Crippen LogP contribution in [0.2, 0.25) is 0 Å². The van der Waals surface area contributed by atoms with Crippen LogP contribution < -0.4 is 15.8 Å². The zero-order valence-corrected chi connectivity index (χ0v) is 17.2. The fourth-order valence-corrected chi connectivity index (χ4v) is 5.03. The first kappa shape index (κ1) is 18.7. The predicted octanol–water partition coefficient (Wildman–Crippen LogP) is 4.93. The summed E-state index contributed by atoms with van der Waals surface area (Å²) in [5, 5.41) is 12.2. The van der Waals surface area contributed by atoms with Gasteiger partial charge in [0.1, 0.15) is 22.7 Å². The van der Waals surface area contributed by atoms with Gasteiger partial charge in [-0.2, -0.15) is 0 Å². The van der Waals surface area contributed by atoms with E-state index in [0.29, 0.717) is 22.9 Å². The summed E-state index contributed by atoms with van der Waals surface area (Å²) in [5.74, 6) is 2.15.